The van der Waals surface area contributed by atoms with Crippen molar-refractivity contribution in [3.05, 3.63) is 35.4 Å². The molecule has 0 atom stereocenters. The van der Waals surface area contributed by atoms with E-state index >= 15 is 0 Å². The molecule has 0 radical (unpaired) electrons. The van der Waals surface area contributed by atoms with Crippen LogP contribution >= 0.6 is 0 Å². The second-order valence-corrected chi connectivity index (χ2v) is 4.75. The van der Waals surface area contributed by atoms with Gasteiger partial charge in [0, 0.05) is 26.2 Å². The largest absolute Gasteiger partial charge is 0.377 e. The van der Waals surface area contributed by atoms with Crippen molar-refractivity contribution in [1.29, 1.82) is 0 Å². The summed E-state index contributed by atoms with van der Waals surface area (Å²) in [4.78, 5) is 13.9. The molecule has 2 heteroatoms. The molecule has 0 bridgehead atoms. The van der Waals surface area contributed by atoms with E-state index in [9.17, 15) is 4.79 Å². The Bertz CT molecular complexity index is 446. The molecule has 1 fully saturated rings. The van der Waals surface area contributed by atoms with Crippen LogP contribution < -0.4 is 4.90 Å². The molecule has 17 heavy (non-hydrogen) atoms. The monoisotopic (exact) mass is 229 g/mol. The number of hydrogen-bond donors (Lipinski definition) is 0. The first kappa shape index (κ1) is 11.9. The Hall–Kier alpha value is -1.57. The van der Waals surface area contributed by atoms with Gasteiger partial charge in [0.25, 0.3) is 0 Å². The zero-order chi connectivity index (χ0) is 12.3. The van der Waals surface area contributed by atoms with Gasteiger partial charge >= 0.3 is 0 Å². The van der Waals surface area contributed by atoms with E-state index in [1.807, 2.05) is 26.2 Å². The Kier molecular flexibility index (Phi) is 3.62. The van der Waals surface area contributed by atoms with Gasteiger partial charge in [-0.2, -0.15) is 0 Å². The van der Waals surface area contributed by atoms with Crippen LogP contribution in [-0.4, -0.2) is 19.9 Å². The lowest BCUT2D eigenvalue weighted by Crippen LogP contribution is -2.11. The molecule has 90 valence electrons. The lowest BCUT2D eigenvalue weighted by atomic mass is 9.92. The first-order valence-corrected chi connectivity index (χ1v) is 6.18. The van der Waals surface area contributed by atoms with Crippen LogP contribution in [0.4, 0.5) is 5.69 Å². The number of anilines is 1. The molecule has 0 spiro atoms. The van der Waals surface area contributed by atoms with E-state index in [0.717, 1.165) is 36.8 Å². The minimum absolute atomic E-state index is 0.324. The highest BCUT2D eigenvalue weighted by molar-refractivity contribution is 6.00. The van der Waals surface area contributed by atoms with Crippen LogP contribution in [0.5, 0.6) is 0 Å². The maximum absolute atomic E-state index is 11.8. The summed E-state index contributed by atoms with van der Waals surface area (Å²) in [5, 5.41) is 0. The maximum Gasteiger partial charge on any atom is 0.158 e. The van der Waals surface area contributed by atoms with Crippen LogP contribution in [0.2, 0.25) is 0 Å². The highest BCUT2D eigenvalue weighted by Crippen LogP contribution is 2.26. The molecule has 1 aromatic rings. The fraction of sp³-hybridized carbons (Fsp3) is 0.400. The van der Waals surface area contributed by atoms with Gasteiger partial charge in [0.2, 0.25) is 0 Å². The van der Waals surface area contributed by atoms with Gasteiger partial charge in [-0.25, -0.2) is 0 Å². The van der Waals surface area contributed by atoms with E-state index in [1.165, 1.54) is 5.69 Å². The van der Waals surface area contributed by atoms with Gasteiger partial charge in [-0.1, -0.05) is 18.2 Å². The van der Waals surface area contributed by atoms with Crippen LogP contribution in [0.15, 0.2) is 29.8 Å². The summed E-state index contributed by atoms with van der Waals surface area (Å²) < 4.78 is 0. The average molecular weight is 229 g/mol. The van der Waals surface area contributed by atoms with Crippen molar-refractivity contribution < 1.29 is 4.79 Å². The molecule has 0 aromatic heterocycles. The first-order valence-electron chi connectivity index (χ1n) is 6.18. The molecule has 0 aliphatic heterocycles. The van der Waals surface area contributed by atoms with Gasteiger partial charge in [0.05, 0.1) is 0 Å². The van der Waals surface area contributed by atoms with Crippen LogP contribution in [0, 0.1) is 0 Å². The molecule has 1 aliphatic rings. The summed E-state index contributed by atoms with van der Waals surface area (Å²) in [5.41, 5.74) is 3.30. The third-order valence-corrected chi connectivity index (χ3v) is 3.21. The number of hydrogen-bond acceptors (Lipinski definition) is 2. The SMILES string of the molecule is CN(C)c1ccccc1/C=C1\CCCCC1=O. The van der Waals surface area contributed by atoms with Gasteiger partial charge < -0.3 is 4.90 Å². The quantitative estimate of drug-likeness (QED) is 0.725. The average Bonchev–Trinajstić information content (AvgIpc) is 2.32. The Morgan fingerprint density at radius 2 is 1.82 bits per heavy atom. The second-order valence-electron chi connectivity index (χ2n) is 4.75. The normalized spacial score (nSPS) is 18.5. The van der Waals surface area contributed by atoms with E-state index in [1.54, 1.807) is 0 Å². The lowest BCUT2D eigenvalue weighted by Gasteiger charge is -2.17. The molecule has 2 rings (SSSR count). The number of rotatable bonds is 2. The fourth-order valence-corrected chi connectivity index (χ4v) is 2.26. The van der Waals surface area contributed by atoms with Crippen molar-refractivity contribution in [3.8, 4) is 0 Å². The summed E-state index contributed by atoms with van der Waals surface area (Å²) in [5.74, 6) is 0.324. The third-order valence-electron chi connectivity index (χ3n) is 3.21. The Morgan fingerprint density at radius 3 is 2.53 bits per heavy atom. The molecule has 2 nitrogen and oxygen atoms in total. The summed E-state index contributed by atoms with van der Waals surface area (Å²) in [6.45, 7) is 0. The topological polar surface area (TPSA) is 20.3 Å². The van der Waals surface area contributed by atoms with E-state index in [0.29, 0.717) is 5.78 Å². The molecule has 1 aliphatic carbocycles. The molecule has 1 saturated carbocycles. The second kappa shape index (κ2) is 5.17. The molecule has 0 amide bonds. The van der Waals surface area contributed by atoms with E-state index in [2.05, 4.69) is 23.1 Å². The predicted octanol–water partition coefficient (Wildman–Crippen LogP) is 3.28. The van der Waals surface area contributed by atoms with E-state index in [-0.39, 0.29) is 0 Å². The third kappa shape index (κ3) is 2.76. The van der Waals surface area contributed by atoms with Crippen molar-refractivity contribution in [2.24, 2.45) is 0 Å². The summed E-state index contributed by atoms with van der Waals surface area (Å²) in [7, 11) is 4.06. The summed E-state index contributed by atoms with van der Waals surface area (Å²) >= 11 is 0. The smallest absolute Gasteiger partial charge is 0.158 e. The summed E-state index contributed by atoms with van der Waals surface area (Å²) in [6, 6.07) is 8.21. The molecular formula is C15H19NO. The highest BCUT2D eigenvalue weighted by Gasteiger charge is 2.15. The Balaban J connectivity index is 2.34. The predicted molar refractivity (Wildman–Crippen MR) is 72.2 cm³/mol. The molecule has 0 saturated heterocycles. The highest BCUT2D eigenvalue weighted by atomic mass is 16.1. The van der Waals surface area contributed by atoms with Gasteiger partial charge in [0.1, 0.15) is 0 Å². The molecule has 0 unspecified atom stereocenters. The molecular weight excluding hydrogens is 210 g/mol. The molecule has 0 heterocycles. The fourth-order valence-electron chi connectivity index (χ4n) is 2.26. The van der Waals surface area contributed by atoms with Gasteiger partial charge in [-0.3, -0.25) is 4.79 Å². The number of benzene rings is 1. The van der Waals surface area contributed by atoms with Crippen molar-refractivity contribution in [2.75, 3.05) is 19.0 Å². The number of para-hydroxylation sites is 1. The van der Waals surface area contributed by atoms with Crippen LogP contribution in [0.1, 0.15) is 31.2 Å². The maximum atomic E-state index is 11.8. The number of Topliss-reactive ketones (excluding diaryl/α,β-unsaturated/α-hetero) is 1. The van der Waals surface area contributed by atoms with Crippen molar-refractivity contribution in [1.82, 2.24) is 0 Å². The van der Waals surface area contributed by atoms with Crippen LogP contribution in [0.25, 0.3) is 6.08 Å². The van der Waals surface area contributed by atoms with Gasteiger partial charge in [0.15, 0.2) is 5.78 Å². The minimum atomic E-state index is 0.324. The van der Waals surface area contributed by atoms with Crippen molar-refractivity contribution >= 4 is 17.5 Å². The van der Waals surface area contributed by atoms with E-state index in [4.69, 9.17) is 0 Å². The van der Waals surface area contributed by atoms with Crippen LogP contribution in [-0.2, 0) is 4.79 Å². The van der Waals surface area contributed by atoms with E-state index < -0.39 is 0 Å². The lowest BCUT2D eigenvalue weighted by molar-refractivity contribution is -0.116. The zero-order valence-electron chi connectivity index (χ0n) is 10.6. The number of ketones is 1. The zero-order valence-corrected chi connectivity index (χ0v) is 10.6. The minimum Gasteiger partial charge on any atom is -0.377 e. The summed E-state index contributed by atoms with van der Waals surface area (Å²) in [6.07, 6.45) is 5.90. The number of allylic oxidation sites excluding steroid dienone is 1. The van der Waals surface area contributed by atoms with Crippen molar-refractivity contribution in [2.45, 2.75) is 25.7 Å². The first-order chi connectivity index (χ1) is 8.18. The Labute approximate surface area is 103 Å². The molecule has 1 aromatic carbocycles. The number of nitrogens with zero attached hydrogens (tertiary/aromatic N) is 1. The number of carbonyl (C=O) groups is 1. The van der Waals surface area contributed by atoms with Gasteiger partial charge in [-0.15, -0.1) is 0 Å². The Morgan fingerprint density at radius 1 is 1.12 bits per heavy atom. The number of carbonyl (C=O) groups excluding carboxylic acids is 1. The molecule has 0 N–H and O–H groups in total. The van der Waals surface area contributed by atoms with Gasteiger partial charge in [-0.05, 0) is 42.5 Å². The van der Waals surface area contributed by atoms with Crippen LogP contribution in [0.3, 0.4) is 0 Å². The van der Waals surface area contributed by atoms with Crippen molar-refractivity contribution in [3.63, 3.8) is 0 Å². The standard InChI is InChI=1S/C15H19NO/c1-16(2)14-9-5-3-7-12(14)11-13-8-4-6-10-15(13)17/h3,5,7,9,11H,4,6,8,10H2,1-2H3/b13-11+.